The Morgan fingerprint density at radius 1 is 0.842 bits per heavy atom. The van der Waals surface area contributed by atoms with Crippen molar-refractivity contribution >= 4 is 0 Å². The molecule has 2 rings (SSSR count). The van der Waals surface area contributed by atoms with Gasteiger partial charge in [-0.3, -0.25) is 0 Å². The molecule has 0 saturated carbocycles. The van der Waals surface area contributed by atoms with Gasteiger partial charge in [0.1, 0.15) is 5.75 Å². The van der Waals surface area contributed by atoms with Crippen LogP contribution in [0.5, 0.6) is 5.75 Å². The van der Waals surface area contributed by atoms with E-state index < -0.39 is 0 Å². The minimum Gasteiger partial charge on any atom is -0.508 e. The Balaban J connectivity index is 2.69. The average molecular weight is 254 g/mol. The second-order valence-corrected chi connectivity index (χ2v) is 6.25. The van der Waals surface area contributed by atoms with Gasteiger partial charge in [0.15, 0.2) is 0 Å². The molecule has 0 bridgehead atoms. The maximum atomic E-state index is 10.2. The van der Waals surface area contributed by atoms with Crippen molar-refractivity contribution in [2.75, 3.05) is 0 Å². The summed E-state index contributed by atoms with van der Waals surface area (Å²) in [5.74, 6) is 0.391. The molecule has 0 aliphatic rings. The molecule has 0 unspecified atom stereocenters. The molecular weight excluding hydrogens is 232 g/mol. The van der Waals surface area contributed by atoms with Gasteiger partial charge in [-0.05, 0) is 59.2 Å². The third-order valence-corrected chi connectivity index (χ3v) is 3.59. The minimum absolute atomic E-state index is 0.0603. The van der Waals surface area contributed by atoms with Crippen molar-refractivity contribution in [1.82, 2.24) is 0 Å². The summed E-state index contributed by atoms with van der Waals surface area (Å²) in [5.41, 5.74) is 5.76. The van der Waals surface area contributed by atoms with Crippen molar-refractivity contribution < 1.29 is 5.11 Å². The first-order chi connectivity index (χ1) is 8.80. The lowest BCUT2D eigenvalue weighted by molar-refractivity contribution is 0.446. The van der Waals surface area contributed by atoms with Gasteiger partial charge in [0.25, 0.3) is 0 Å². The van der Waals surface area contributed by atoms with Gasteiger partial charge in [0.2, 0.25) is 0 Å². The molecule has 0 radical (unpaired) electrons. The van der Waals surface area contributed by atoms with Crippen LogP contribution in [0.25, 0.3) is 11.1 Å². The highest BCUT2D eigenvalue weighted by Crippen LogP contribution is 2.37. The van der Waals surface area contributed by atoms with Gasteiger partial charge < -0.3 is 5.11 Å². The average Bonchev–Trinajstić information content (AvgIpc) is 2.29. The second kappa shape index (κ2) is 4.73. The molecule has 0 spiro atoms. The Labute approximate surface area is 115 Å². The fraction of sp³-hybridized carbons (Fsp3) is 0.333. The van der Waals surface area contributed by atoms with E-state index in [1.54, 1.807) is 0 Å². The smallest absolute Gasteiger partial charge is 0.119 e. The topological polar surface area (TPSA) is 20.2 Å². The van der Waals surface area contributed by atoms with Crippen LogP contribution >= 0.6 is 0 Å². The van der Waals surface area contributed by atoms with E-state index in [2.05, 4.69) is 58.0 Å². The summed E-state index contributed by atoms with van der Waals surface area (Å²) in [6.07, 6.45) is 0. The molecule has 2 aromatic carbocycles. The molecule has 0 aromatic heterocycles. The second-order valence-electron chi connectivity index (χ2n) is 6.25. The first kappa shape index (κ1) is 13.7. The first-order valence-electron chi connectivity index (χ1n) is 6.71. The van der Waals surface area contributed by atoms with Crippen LogP contribution in [0.3, 0.4) is 0 Å². The monoisotopic (exact) mass is 254 g/mol. The molecule has 0 aliphatic carbocycles. The Morgan fingerprint density at radius 2 is 1.47 bits per heavy atom. The van der Waals surface area contributed by atoms with E-state index in [4.69, 9.17) is 0 Å². The van der Waals surface area contributed by atoms with Crippen LogP contribution in [0.1, 0.15) is 37.5 Å². The van der Waals surface area contributed by atoms with Crippen LogP contribution in [-0.2, 0) is 5.41 Å². The molecule has 19 heavy (non-hydrogen) atoms. The molecule has 0 saturated heterocycles. The van der Waals surface area contributed by atoms with E-state index in [1.165, 1.54) is 16.7 Å². The quantitative estimate of drug-likeness (QED) is 0.761. The Morgan fingerprint density at radius 3 is 2.05 bits per heavy atom. The van der Waals surface area contributed by atoms with Crippen LogP contribution in [-0.4, -0.2) is 5.11 Å². The number of benzene rings is 2. The van der Waals surface area contributed by atoms with Crippen molar-refractivity contribution in [2.45, 2.75) is 40.0 Å². The zero-order chi connectivity index (χ0) is 14.2. The predicted molar refractivity (Wildman–Crippen MR) is 81.7 cm³/mol. The molecule has 1 nitrogen and oxygen atoms in total. The number of phenols is 1. The lowest BCUT2D eigenvalue weighted by Gasteiger charge is -2.23. The summed E-state index contributed by atoms with van der Waals surface area (Å²) in [4.78, 5) is 0. The van der Waals surface area contributed by atoms with E-state index >= 15 is 0 Å². The van der Waals surface area contributed by atoms with Crippen molar-refractivity contribution in [3.05, 3.63) is 53.1 Å². The van der Waals surface area contributed by atoms with Crippen molar-refractivity contribution in [1.29, 1.82) is 0 Å². The minimum atomic E-state index is -0.0603. The third kappa shape index (κ3) is 2.65. The number of aromatic hydroxyl groups is 1. The van der Waals surface area contributed by atoms with Gasteiger partial charge >= 0.3 is 0 Å². The fourth-order valence-electron chi connectivity index (χ4n) is 2.46. The molecule has 2 aromatic rings. The van der Waals surface area contributed by atoms with E-state index in [0.717, 1.165) is 11.1 Å². The third-order valence-electron chi connectivity index (χ3n) is 3.59. The van der Waals surface area contributed by atoms with E-state index in [1.807, 2.05) is 13.0 Å². The summed E-state index contributed by atoms with van der Waals surface area (Å²) in [6, 6.07) is 12.4. The molecule has 100 valence electrons. The highest BCUT2D eigenvalue weighted by Gasteiger charge is 2.20. The Bertz CT molecular complexity index is 604. The molecule has 0 fully saturated rings. The van der Waals surface area contributed by atoms with E-state index in [-0.39, 0.29) is 5.41 Å². The maximum absolute atomic E-state index is 10.2. The van der Waals surface area contributed by atoms with Crippen molar-refractivity contribution in [3.63, 3.8) is 0 Å². The number of hydrogen-bond acceptors (Lipinski definition) is 1. The Kier molecular flexibility index (Phi) is 3.40. The molecular formula is C18H22O. The van der Waals surface area contributed by atoms with Crippen LogP contribution in [0.2, 0.25) is 0 Å². The summed E-state index contributed by atoms with van der Waals surface area (Å²) < 4.78 is 0. The largest absolute Gasteiger partial charge is 0.508 e. The van der Waals surface area contributed by atoms with Gasteiger partial charge in [0.05, 0.1) is 0 Å². The number of aryl methyl sites for hydroxylation is 2. The SMILES string of the molecule is Cc1ccccc1-c1cc(C(C)(C)C)c(O)cc1C. The standard InChI is InChI=1S/C18H22O/c1-12-8-6-7-9-14(12)15-11-16(18(3,4)5)17(19)10-13(15)2/h6-11,19H,1-5H3. The van der Waals surface area contributed by atoms with Crippen molar-refractivity contribution in [2.24, 2.45) is 0 Å². The molecule has 0 aliphatic heterocycles. The summed E-state index contributed by atoms with van der Waals surface area (Å²) in [7, 11) is 0. The van der Waals surface area contributed by atoms with Gasteiger partial charge in [-0.2, -0.15) is 0 Å². The van der Waals surface area contributed by atoms with Crippen LogP contribution < -0.4 is 0 Å². The lowest BCUT2D eigenvalue weighted by atomic mass is 9.83. The normalized spacial score (nSPS) is 11.6. The summed E-state index contributed by atoms with van der Waals surface area (Å²) in [5, 5.41) is 10.2. The molecule has 0 atom stereocenters. The molecule has 0 amide bonds. The van der Waals surface area contributed by atoms with E-state index in [0.29, 0.717) is 5.75 Å². The summed E-state index contributed by atoms with van der Waals surface area (Å²) in [6.45, 7) is 10.5. The zero-order valence-corrected chi connectivity index (χ0v) is 12.4. The first-order valence-corrected chi connectivity index (χ1v) is 6.71. The highest BCUT2D eigenvalue weighted by molar-refractivity contribution is 5.72. The summed E-state index contributed by atoms with van der Waals surface area (Å²) >= 11 is 0. The van der Waals surface area contributed by atoms with Crippen LogP contribution in [0.4, 0.5) is 0 Å². The Hall–Kier alpha value is -1.76. The maximum Gasteiger partial charge on any atom is 0.119 e. The lowest BCUT2D eigenvalue weighted by Crippen LogP contribution is -2.11. The fourth-order valence-corrected chi connectivity index (χ4v) is 2.46. The van der Waals surface area contributed by atoms with Gasteiger partial charge in [-0.25, -0.2) is 0 Å². The van der Waals surface area contributed by atoms with Crippen molar-refractivity contribution in [3.8, 4) is 16.9 Å². The number of phenolic OH excluding ortho intramolecular Hbond substituents is 1. The molecule has 1 heteroatoms. The highest BCUT2D eigenvalue weighted by atomic mass is 16.3. The van der Waals surface area contributed by atoms with E-state index in [9.17, 15) is 5.11 Å². The van der Waals surface area contributed by atoms with Crippen LogP contribution in [0, 0.1) is 13.8 Å². The zero-order valence-electron chi connectivity index (χ0n) is 12.4. The van der Waals surface area contributed by atoms with Gasteiger partial charge in [0, 0.05) is 0 Å². The molecule has 1 N–H and O–H groups in total. The van der Waals surface area contributed by atoms with Crippen LogP contribution in [0.15, 0.2) is 36.4 Å². The predicted octanol–water partition coefficient (Wildman–Crippen LogP) is 4.97. The molecule has 0 heterocycles. The van der Waals surface area contributed by atoms with Gasteiger partial charge in [-0.1, -0.05) is 45.0 Å². The van der Waals surface area contributed by atoms with Gasteiger partial charge in [-0.15, -0.1) is 0 Å². The number of hydrogen-bond donors (Lipinski definition) is 1. The number of rotatable bonds is 1.